The Morgan fingerprint density at radius 2 is 2.21 bits per heavy atom. The Kier molecular flexibility index (Phi) is 4.35. The summed E-state index contributed by atoms with van der Waals surface area (Å²) in [6.45, 7) is 1.18. The van der Waals surface area contributed by atoms with E-state index in [9.17, 15) is 18.3 Å². The van der Waals surface area contributed by atoms with Gasteiger partial charge in [-0.1, -0.05) is 18.3 Å². The summed E-state index contributed by atoms with van der Waals surface area (Å²) in [6, 6.07) is 0. The van der Waals surface area contributed by atoms with Crippen molar-refractivity contribution >= 4 is 16.5 Å². The summed E-state index contributed by atoms with van der Waals surface area (Å²) in [5.74, 6) is 0. The molecule has 108 valence electrons. The van der Waals surface area contributed by atoms with Gasteiger partial charge in [-0.2, -0.15) is 13.2 Å². The van der Waals surface area contributed by atoms with E-state index < -0.39 is 18.8 Å². The number of aliphatic hydroxyl groups is 1. The molecule has 0 aliphatic heterocycles. The van der Waals surface area contributed by atoms with E-state index in [1.807, 2.05) is 6.92 Å². The average Bonchev–Trinajstić information content (AvgIpc) is 2.72. The van der Waals surface area contributed by atoms with Crippen molar-refractivity contribution < 1.29 is 18.3 Å². The van der Waals surface area contributed by atoms with E-state index in [2.05, 4.69) is 4.98 Å². The van der Waals surface area contributed by atoms with Crippen LogP contribution in [0.2, 0.25) is 0 Å². The van der Waals surface area contributed by atoms with Gasteiger partial charge in [-0.3, -0.25) is 0 Å². The number of aryl methyl sites for hydroxylation is 1. The third-order valence-corrected chi connectivity index (χ3v) is 4.30. The van der Waals surface area contributed by atoms with Crippen LogP contribution in [0, 0.1) is 0 Å². The first-order valence-electron chi connectivity index (χ1n) is 6.40. The van der Waals surface area contributed by atoms with Gasteiger partial charge >= 0.3 is 6.18 Å². The zero-order chi connectivity index (χ0) is 14.0. The number of rotatable bonds is 4. The Hall–Kier alpha value is -0.820. The van der Waals surface area contributed by atoms with Crippen molar-refractivity contribution in [1.82, 2.24) is 4.98 Å². The number of hydrogen-bond donors (Lipinski definition) is 1. The first-order chi connectivity index (χ1) is 8.90. The van der Waals surface area contributed by atoms with Crippen molar-refractivity contribution in [2.24, 2.45) is 0 Å². The monoisotopic (exact) mass is 294 g/mol. The molecule has 0 radical (unpaired) electrons. The number of alkyl halides is 3. The first-order valence-corrected chi connectivity index (χ1v) is 7.21. The summed E-state index contributed by atoms with van der Waals surface area (Å²) in [5, 5.41) is 10.2. The van der Waals surface area contributed by atoms with Gasteiger partial charge in [-0.05, 0) is 25.7 Å². The van der Waals surface area contributed by atoms with Crippen molar-refractivity contribution in [3.63, 3.8) is 0 Å². The smallest absolute Gasteiger partial charge is 0.388 e. The van der Waals surface area contributed by atoms with Gasteiger partial charge in [0, 0.05) is 6.54 Å². The second-order valence-corrected chi connectivity index (χ2v) is 5.76. The molecule has 1 aliphatic carbocycles. The second-order valence-electron chi connectivity index (χ2n) is 4.75. The maximum atomic E-state index is 12.6. The molecule has 1 aromatic heterocycles. The maximum Gasteiger partial charge on any atom is 0.406 e. The van der Waals surface area contributed by atoms with E-state index in [0.717, 1.165) is 23.4 Å². The van der Waals surface area contributed by atoms with Crippen LogP contribution in [0.5, 0.6) is 0 Å². The molecule has 7 heteroatoms. The minimum atomic E-state index is -4.24. The van der Waals surface area contributed by atoms with Crippen molar-refractivity contribution in [2.45, 2.75) is 44.9 Å². The van der Waals surface area contributed by atoms with Crippen molar-refractivity contribution in [3.05, 3.63) is 10.6 Å². The number of anilines is 1. The SMILES string of the molecule is CCCN(CC(F)(F)F)c1nc2c(s1)C(O)CCC2. The molecule has 0 bridgehead atoms. The molecule has 0 saturated heterocycles. The fourth-order valence-corrected chi connectivity index (χ4v) is 3.40. The highest BCUT2D eigenvalue weighted by molar-refractivity contribution is 7.15. The zero-order valence-electron chi connectivity index (χ0n) is 10.7. The van der Waals surface area contributed by atoms with Crippen LogP contribution in [0.25, 0.3) is 0 Å². The Morgan fingerprint density at radius 1 is 1.47 bits per heavy atom. The molecule has 0 aromatic carbocycles. The Morgan fingerprint density at radius 3 is 2.79 bits per heavy atom. The number of fused-ring (bicyclic) bond motifs is 1. The van der Waals surface area contributed by atoms with Crippen LogP contribution in [-0.2, 0) is 6.42 Å². The van der Waals surface area contributed by atoms with Crippen molar-refractivity contribution in [2.75, 3.05) is 18.0 Å². The molecule has 1 N–H and O–H groups in total. The minimum absolute atomic E-state index is 0.321. The molecular formula is C12H17F3N2OS. The Balaban J connectivity index is 2.22. The number of aromatic nitrogens is 1. The molecule has 2 rings (SSSR count). The molecule has 0 spiro atoms. The van der Waals surface area contributed by atoms with Crippen molar-refractivity contribution in [1.29, 1.82) is 0 Å². The molecule has 3 nitrogen and oxygen atoms in total. The maximum absolute atomic E-state index is 12.6. The van der Waals surface area contributed by atoms with Crippen LogP contribution in [0.15, 0.2) is 0 Å². The van der Waals surface area contributed by atoms with Crippen LogP contribution in [0.3, 0.4) is 0 Å². The number of halogens is 3. The number of hydrogen-bond acceptors (Lipinski definition) is 4. The van der Waals surface area contributed by atoms with E-state index in [0.29, 0.717) is 24.5 Å². The van der Waals surface area contributed by atoms with E-state index >= 15 is 0 Å². The first kappa shape index (κ1) is 14.6. The summed E-state index contributed by atoms with van der Waals surface area (Å²) in [7, 11) is 0. The molecule has 1 unspecified atom stereocenters. The highest BCUT2D eigenvalue weighted by Gasteiger charge is 2.33. The normalized spacial score (nSPS) is 19.3. The second kappa shape index (κ2) is 5.66. The summed E-state index contributed by atoms with van der Waals surface area (Å²) in [5.41, 5.74) is 0.766. The molecule has 1 atom stereocenters. The zero-order valence-corrected chi connectivity index (χ0v) is 11.5. The molecular weight excluding hydrogens is 277 g/mol. The lowest BCUT2D eigenvalue weighted by Crippen LogP contribution is -2.34. The van der Waals surface area contributed by atoms with Gasteiger partial charge in [0.2, 0.25) is 0 Å². The van der Waals surface area contributed by atoms with Crippen LogP contribution in [-0.4, -0.2) is 29.4 Å². The highest BCUT2D eigenvalue weighted by atomic mass is 32.1. The van der Waals surface area contributed by atoms with Crippen LogP contribution < -0.4 is 4.90 Å². The van der Waals surface area contributed by atoms with Crippen molar-refractivity contribution in [3.8, 4) is 0 Å². The minimum Gasteiger partial charge on any atom is -0.388 e. The van der Waals surface area contributed by atoms with Gasteiger partial charge in [0.05, 0.1) is 16.7 Å². The van der Waals surface area contributed by atoms with E-state index in [1.54, 1.807) is 0 Å². The molecule has 1 heterocycles. The third kappa shape index (κ3) is 3.60. The van der Waals surface area contributed by atoms with Crippen LogP contribution in [0.1, 0.15) is 42.9 Å². The van der Waals surface area contributed by atoms with E-state index in [1.165, 1.54) is 16.2 Å². The molecule has 0 amide bonds. The molecule has 0 saturated carbocycles. The molecule has 1 aliphatic rings. The molecule has 0 fully saturated rings. The Bertz CT molecular complexity index is 433. The number of thiazole rings is 1. The number of nitrogens with zero attached hydrogens (tertiary/aromatic N) is 2. The quantitative estimate of drug-likeness (QED) is 0.925. The van der Waals surface area contributed by atoms with E-state index in [-0.39, 0.29) is 0 Å². The highest BCUT2D eigenvalue weighted by Crippen LogP contribution is 2.38. The van der Waals surface area contributed by atoms with Gasteiger partial charge in [0.25, 0.3) is 0 Å². The van der Waals surface area contributed by atoms with E-state index in [4.69, 9.17) is 0 Å². The summed E-state index contributed by atoms with van der Waals surface area (Å²) in [4.78, 5) is 6.29. The van der Waals surface area contributed by atoms with Gasteiger partial charge < -0.3 is 10.0 Å². The number of aliphatic hydroxyl groups excluding tert-OH is 1. The summed E-state index contributed by atoms with van der Waals surface area (Å²) < 4.78 is 37.7. The lowest BCUT2D eigenvalue weighted by atomic mass is 10.0. The van der Waals surface area contributed by atoms with Gasteiger partial charge in [0.1, 0.15) is 6.54 Å². The molecule has 1 aromatic rings. The predicted molar refractivity (Wildman–Crippen MR) is 68.6 cm³/mol. The largest absolute Gasteiger partial charge is 0.406 e. The summed E-state index contributed by atoms with van der Waals surface area (Å²) >= 11 is 1.20. The third-order valence-electron chi connectivity index (χ3n) is 3.04. The lowest BCUT2D eigenvalue weighted by Gasteiger charge is -2.22. The fourth-order valence-electron chi connectivity index (χ4n) is 2.25. The van der Waals surface area contributed by atoms with Crippen LogP contribution in [0.4, 0.5) is 18.3 Å². The van der Waals surface area contributed by atoms with Crippen LogP contribution >= 0.6 is 11.3 Å². The Labute approximate surface area is 114 Å². The van der Waals surface area contributed by atoms with Gasteiger partial charge in [-0.25, -0.2) is 4.98 Å². The lowest BCUT2D eigenvalue weighted by molar-refractivity contribution is -0.119. The van der Waals surface area contributed by atoms with Gasteiger partial charge in [0.15, 0.2) is 5.13 Å². The average molecular weight is 294 g/mol. The fraction of sp³-hybridized carbons (Fsp3) is 0.750. The molecule has 19 heavy (non-hydrogen) atoms. The standard InChI is InChI=1S/C12H17F3N2OS/c1-2-6-17(7-12(13,14)15)11-16-8-4-3-5-9(18)10(8)19-11/h9,18H,2-7H2,1H3. The predicted octanol–water partition coefficient (Wildman–Crippen LogP) is 3.29. The van der Waals surface area contributed by atoms with Gasteiger partial charge in [-0.15, -0.1) is 0 Å². The summed E-state index contributed by atoms with van der Waals surface area (Å²) in [6.07, 6.45) is -1.92. The topological polar surface area (TPSA) is 36.4 Å².